The van der Waals surface area contributed by atoms with Gasteiger partial charge in [0.15, 0.2) is 0 Å². The molecular formula is C18H20ClN5. The minimum atomic E-state index is 0.371. The fourth-order valence-electron chi connectivity index (χ4n) is 2.45. The first-order valence-corrected chi connectivity index (χ1v) is 8.22. The molecule has 0 radical (unpaired) electrons. The molecule has 6 heteroatoms. The molecule has 3 rings (SSSR count). The molecule has 124 valence electrons. The molecule has 0 amide bonds. The lowest BCUT2D eigenvalue weighted by molar-refractivity contribution is 0.764. The molecule has 1 aromatic carbocycles. The maximum Gasteiger partial charge on any atom is 0.0901 e. The Hall–Kier alpha value is -2.37. The highest BCUT2D eigenvalue weighted by molar-refractivity contribution is 6.34. The van der Waals surface area contributed by atoms with Gasteiger partial charge in [-0.3, -0.25) is 9.97 Å². The molecule has 0 atom stereocenters. The van der Waals surface area contributed by atoms with Crippen molar-refractivity contribution in [3.63, 3.8) is 0 Å². The molecule has 24 heavy (non-hydrogen) atoms. The van der Waals surface area contributed by atoms with Crippen LogP contribution in [0.5, 0.6) is 0 Å². The van der Waals surface area contributed by atoms with Crippen LogP contribution in [0.2, 0.25) is 5.02 Å². The van der Waals surface area contributed by atoms with Gasteiger partial charge in [-0.1, -0.05) is 25.1 Å². The van der Waals surface area contributed by atoms with E-state index in [1.807, 2.05) is 12.1 Å². The molecule has 3 aromatic rings. The molecule has 0 aliphatic rings. The number of hydrogen-bond donors (Lipinski definition) is 3. The lowest BCUT2D eigenvalue weighted by Crippen LogP contribution is -2.11. The monoisotopic (exact) mass is 341 g/mol. The van der Waals surface area contributed by atoms with E-state index in [2.05, 4.69) is 39.8 Å². The van der Waals surface area contributed by atoms with E-state index in [0.29, 0.717) is 18.1 Å². The number of rotatable bonds is 6. The number of nitrogens with zero attached hydrogens (tertiary/aromatic N) is 2. The van der Waals surface area contributed by atoms with E-state index >= 15 is 0 Å². The number of hydrogen-bond acceptors (Lipinski definition) is 4. The van der Waals surface area contributed by atoms with Crippen LogP contribution in [0, 0.1) is 0 Å². The Balaban J connectivity index is 1.92. The molecule has 4 N–H and O–H groups in total. The average Bonchev–Trinajstić information content (AvgIpc) is 3.00. The van der Waals surface area contributed by atoms with Gasteiger partial charge in [0.05, 0.1) is 35.3 Å². The van der Waals surface area contributed by atoms with Crippen LogP contribution in [0.4, 0.5) is 0 Å². The fraction of sp³-hybridized carbons (Fsp3) is 0.222. The smallest absolute Gasteiger partial charge is 0.0901 e. The topological polar surface area (TPSA) is 79.6 Å². The Morgan fingerprint density at radius 2 is 2.12 bits per heavy atom. The van der Waals surface area contributed by atoms with E-state index in [-0.39, 0.29) is 0 Å². The summed E-state index contributed by atoms with van der Waals surface area (Å²) in [6, 6.07) is 6.03. The second kappa shape index (κ2) is 7.03. The van der Waals surface area contributed by atoms with Gasteiger partial charge < -0.3 is 16.0 Å². The van der Waals surface area contributed by atoms with Gasteiger partial charge >= 0.3 is 0 Å². The molecule has 0 aliphatic carbocycles. The first-order valence-electron chi connectivity index (χ1n) is 7.85. The summed E-state index contributed by atoms with van der Waals surface area (Å²) in [4.78, 5) is 12.1. The second-order valence-electron chi connectivity index (χ2n) is 5.62. The van der Waals surface area contributed by atoms with Crippen LogP contribution in [0.15, 0.2) is 42.9 Å². The SMILES string of the molecule is C=C(CC)NCc1cc2cc(Cl)c(-c3cnc(CN)cn3)cc2[nH]1. The van der Waals surface area contributed by atoms with Crippen LogP contribution >= 0.6 is 11.6 Å². The number of aromatic nitrogens is 3. The molecule has 0 aliphatic heterocycles. The van der Waals surface area contributed by atoms with Gasteiger partial charge in [-0.15, -0.1) is 0 Å². The highest BCUT2D eigenvalue weighted by Crippen LogP contribution is 2.31. The summed E-state index contributed by atoms with van der Waals surface area (Å²) in [6.07, 6.45) is 4.29. The Kier molecular flexibility index (Phi) is 4.83. The highest BCUT2D eigenvalue weighted by atomic mass is 35.5. The third-order valence-corrected chi connectivity index (χ3v) is 4.22. The van der Waals surface area contributed by atoms with Crippen molar-refractivity contribution in [1.82, 2.24) is 20.3 Å². The van der Waals surface area contributed by atoms with Crippen molar-refractivity contribution in [2.45, 2.75) is 26.4 Å². The number of allylic oxidation sites excluding steroid dienone is 1. The van der Waals surface area contributed by atoms with Crippen LogP contribution in [0.1, 0.15) is 24.7 Å². The van der Waals surface area contributed by atoms with Crippen molar-refractivity contribution in [2.75, 3.05) is 0 Å². The predicted molar refractivity (Wildman–Crippen MR) is 98.5 cm³/mol. The third-order valence-electron chi connectivity index (χ3n) is 3.91. The molecule has 2 heterocycles. The van der Waals surface area contributed by atoms with E-state index in [4.69, 9.17) is 17.3 Å². The zero-order valence-electron chi connectivity index (χ0n) is 13.6. The van der Waals surface area contributed by atoms with E-state index in [1.165, 1.54) is 0 Å². The standard InChI is InChI=1S/C18H20ClN5/c1-3-11(2)21-8-13-4-12-5-16(19)15(6-17(12)24-13)18-10-22-14(7-20)9-23-18/h4-6,9-10,21,24H,2-3,7-8,20H2,1H3. The Morgan fingerprint density at radius 3 is 2.79 bits per heavy atom. The van der Waals surface area contributed by atoms with Gasteiger partial charge in [-0.2, -0.15) is 0 Å². The summed E-state index contributed by atoms with van der Waals surface area (Å²) in [5.41, 5.74) is 11.0. The Bertz CT molecular complexity index is 867. The molecule has 0 unspecified atom stereocenters. The molecule has 0 spiro atoms. The summed E-state index contributed by atoms with van der Waals surface area (Å²) >= 11 is 6.43. The summed E-state index contributed by atoms with van der Waals surface area (Å²) in [5, 5.41) is 5.00. The number of H-pyrrole nitrogens is 1. The van der Waals surface area contributed by atoms with Gasteiger partial charge in [-0.05, 0) is 24.6 Å². The fourth-order valence-corrected chi connectivity index (χ4v) is 2.72. The summed E-state index contributed by atoms with van der Waals surface area (Å²) in [7, 11) is 0. The zero-order valence-corrected chi connectivity index (χ0v) is 14.3. The third kappa shape index (κ3) is 3.42. The van der Waals surface area contributed by atoms with E-state index < -0.39 is 0 Å². The molecule has 0 bridgehead atoms. The number of fused-ring (bicyclic) bond motifs is 1. The van der Waals surface area contributed by atoms with Gasteiger partial charge in [-0.25, -0.2) is 0 Å². The quantitative estimate of drug-likeness (QED) is 0.638. The Labute approximate surface area is 146 Å². The molecule has 0 saturated carbocycles. The van der Waals surface area contributed by atoms with Crippen molar-refractivity contribution >= 4 is 22.5 Å². The van der Waals surface area contributed by atoms with Gasteiger partial charge in [0.1, 0.15) is 0 Å². The second-order valence-corrected chi connectivity index (χ2v) is 6.03. The molecule has 0 fully saturated rings. The van der Waals surface area contributed by atoms with Crippen LogP contribution in [-0.2, 0) is 13.1 Å². The molecule has 5 nitrogen and oxygen atoms in total. The maximum atomic E-state index is 6.43. The lowest BCUT2D eigenvalue weighted by Gasteiger charge is -2.05. The van der Waals surface area contributed by atoms with Crippen LogP contribution in [0.25, 0.3) is 22.2 Å². The lowest BCUT2D eigenvalue weighted by atomic mass is 10.1. The van der Waals surface area contributed by atoms with Crippen molar-refractivity contribution in [3.05, 3.63) is 59.3 Å². The minimum absolute atomic E-state index is 0.371. The molecular weight excluding hydrogens is 322 g/mol. The van der Waals surface area contributed by atoms with Crippen LogP contribution in [0.3, 0.4) is 0 Å². The number of halogens is 1. The van der Waals surface area contributed by atoms with Gasteiger partial charge in [0, 0.05) is 34.4 Å². The van der Waals surface area contributed by atoms with Crippen LogP contribution in [-0.4, -0.2) is 15.0 Å². The van der Waals surface area contributed by atoms with Crippen molar-refractivity contribution in [3.8, 4) is 11.3 Å². The van der Waals surface area contributed by atoms with Crippen molar-refractivity contribution in [1.29, 1.82) is 0 Å². The van der Waals surface area contributed by atoms with E-state index in [9.17, 15) is 0 Å². The normalized spacial score (nSPS) is 11.0. The summed E-state index contributed by atoms with van der Waals surface area (Å²) in [5.74, 6) is 0. The van der Waals surface area contributed by atoms with Gasteiger partial charge in [0.25, 0.3) is 0 Å². The minimum Gasteiger partial charge on any atom is -0.383 e. The largest absolute Gasteiger partial charge is 0.383 e. The van der Waals surface area contributed by atoms with Crippen molar-refractivity contribution < 1.29 is 0 Å². The van der Waals surface area contributed by atoms with Gasteiger partial charge in [0.2, 0.25) is 0 Å². The number of nitrogens with one attached hydrogen (secondary N) is 2. The average molecular weight is 342 g/mol. The number of benzene rings is 1. The van der Waals surface area contributed by atoms with Crippen molar-refractivity contribution in [2.24, 2.45) is 5.73 Å². The summed E-state index contributed by atoms with van der Waals surface area (Å²) in [6.45, 7) is 7.11. The first-order chi connectivity index (χ1) is 11.6. The first kappa shape index (κ1) is 16.5. The number of aromatic amines is 1. The highest BCUT2D eigenvalue weighted by Gasteiger charge is 2.10. The van der Waals surface area contributed by atoms with E-state index in [1.54, 1.807) is 12.4 Å². The molecule has 0 saturated heterocycles. The van der Waals surface area contributed by atoms with Crippen LogP contribution < -0.4 is 11.1 Å². The van der Waals surface area contributed by atoms with E-state index in [0.717, 1.165) is 45.7 Å². The number of nitrogens with two attached hydrogens (primary N) is 1. The zero-order chi connectivity index (χ0) is 17.1. The maximum absolute atomic E-state index is 6.43. The predicted octanol–water partition coefficient (Wildman–Crippen LogP) is 3.75. The Morgan fingerprint density at radius 1 is 1.29 bits per heavy atom. The molecule has 2 aromatic heterocycles. The summed E-state index contributed by atoms with van der Waals surface area (Å²) < 4.78 is 0.